The lowest BCUT2D eigenvalue weighted by Gasteiger charge is -2.16. The number of likely N-dealkylation sites (N-methyl/N-ethyl adjacent to an activating group) is 1. The number of anilines is 2. The molecule has 0 fully saturated rings. The monoisotopic (exact) mass is 363 g/mol. The summed E-state index contributed by atoms with van der Waals surface area (Å²) in [5, 5.41) is 8.17. The van der Waals surface area contributed by atoms with Crippen molar-refractivity contribution in [2.24, 2.45) is 0 Å². The smallest absolute Gasteiger partial charge is 0.244 e. The molecular weight excluding hydrogens is 338 g/mol. The van der Waals surface area contributed by atoms with E-state index in [1.165, 1.54) is 5.56 Å². The SMILES string of the molecule is Cc1cccc(Nc2ncnc3c2=CC(NC(=O)/C=C/CN(C)C)CC=3)c1. The van der Waals surface area contributed by atoms with Crippen molar-refractivity contribution in [3.05, 3.63) is 58.9 Å². The maximum absolute atomic E-state index is 12.1. The minimum absolute atomic E-state index is 0.0851. The van der Waals surface area contributed by atoms with Crippen molar-refractivity contribution in [1.29, 1.82) is 0 Å². The van der Waals surface area contributed by atoms with Gasteiger partial charge in [0, 0.05) is 23.5 Å². The zero-order valence-electron chi connectivity index (χ0n) is 15.9. The van der Waals surface area contributed by atoms with Gasteiger partial charge >= 0.3 is 0 Å². The molecule has 0 spiro atoms. The van der Waals surface area contributed by atoms with Gasteiger partial charge in [-0.2, -0.15) is 0 Å². The summed E-state index contributed by atoms with van der Waals surface area (Å²) in [5.41, 5.74) is 2.15. The Labute approximate surface area is 159 Å². The molecule has 1 amide bonds. The van der Waals surface area contributed by atoms with Gasteiger partial charge in [0.15, 0.2) is 0 Å². The number of hydrogen-bond acceptors (Lipinski definition) is 5. The summed E-state index contributed by atoms with van der Waals surface area (Å²) < 4.78 is 0. The third-order valence-corrected chi connectivity index (χ3v) is 4.20. The van der Waals surface area contributed by atoms with Crippen LogP contribution in [0, 0.1) is 6.92 Å². The van der Waals surface area contributed by atoms with E-state index in [-0.39, 0.29) is 11.9 Å². The molecule has 1 aromatic carbocycles. The highest BCUT2D eigenvalue weighted by molar-refractivity contribution is 5.88. The van der Waals surface area contributed by atoms with Crippen molar-refractivity contribution in [1.82, 2.24) is 20.2 Å². The number of aryl methyl sites for hydroxylation is 1. The van der Waals surface area contributed by atoms with E-state index in [9.17, 15) is 4.79 Å². The van der Waals surface area contributed by atoms with Gasteiger partial charge in [-0.15, -0.1) is 0 Å². The standard InChI is InChI=1S/C21H25N5O/c1-15-6-4-7-16(12-15)25-21-18-13-17(9-10-19(18)22-14-23-21)24-20(27)8-5-11-26(2)3/h4-8,10,12-14,17H,9,11H2,1-3H3,(H,24,27)(H,22,23,25)/b8-5+. The van der Waals surface area contributed by atoms with E-state index in [0.29, 0.717) is 6.42 Å². The molecule has 140 valence electrons. The normalized spacial score (nSPS) is 15.8. The van der Waals surface area contributed by atoms with Gasteiger partial charge in [-0.3, -0.25) is 4.79 Å². The average molecular weight is 363 g/mol. The van der Waals surface area contributed by atoms with Gasteiger partial charge in [0.25, 0.3) is 0 Å². The van der Waals surface area contributed by atoms with Crippen molar-refractivity contribution in [3.63, 3.8) is 0 Å². The maximum atomic E-state index is 12.1. The second-order valence-electron chi connectivity index (χ2n) is 6.90. The minimum atomic E-state index is -0.0972. The van der Waals surface area contributed by atoms with Gasteiger partial charge < -0.3 is 15.5 Å². The first-order valence-electron chi connectivity index (χ1n) is 9.00. The second-order valence-corrected chi connectivity index (χ2v) is 6.90. The Bertz CT molecular complexity index is 965. The van der Waals surface area contributed by atoms with Gasteiger partial charge in [0.1, 0.15) is 12.1 Å². The third kappa shape index (κ3) is 5.24. The van der Waals surface area contributed by atoms with Crippen LogP contribution in [-0.2, 0) is 4.79 Å². The van der Waals surface area contributed by atoms with Crippen LogP contribution in [0.25, 0.3) is 12.2 Å². The van der Waals surface area contributed by atoms with E-state index in [1.54, 1.807) is 12.4 Å². The van der Waals surface area contributed by atoms with Crippen LogP contribution in [0.5, 0.6) is 0 Å². The van der Waals surface area contributed by atoms with Crippen molar-refractivity contribution in [2.45, 2.75) is 19.4 Å². The Morgan fingerprint density at radius 1 is 1.33 bits per heavy atom. The maximum Gasteiger partial charge on any atom is 0.244 e. The minimum Gasteiger partial charge on any atom is -0.346 e. The molecule has 1 unspecified atom stereocenters. The summed E-state index contributed by atoms with van der Waals surface area (Å²) >= 11 is 0. The fraction of sp³-hybridized carbons (Fsp3) is 0.286. The predicted molar refractivity (Wildman–Crippen MR) is 109 cm³/mol. The van der Waals surface area contributed by atoms with Crippen LogP contribution in [0.4, 0.5) is 11.5 Å². The molecule has 0 bridgehead atoms. The molecular formula is C21H25N5O. The molecule has 1 aliphatic rings. The largest absolute Gasteiger partial charge is 0.346 e. The first kappa shape index (κ1) is 18.8. The van der Waals surface area contributed by atoms with Crippen LogP contribution in [0.15, 0.2) is 42.7 Å². The van der Waals surface area contributed by atoms with Crippen molar-refractivity contribution in [3.8, 4) is 0 Å². The summed E-state index contributed by atoms with van der Waals surface area (Å²) in [6.07, 6.45) is 9.75. The predicted octanol–water partition coefficient (Wildman–Crippen LogP) is 1.10. The number of rotatable bonds is 6. The molecule has 0 radical (unpaired) electrons. The van der Waals surface area contributed by atoms with Crippen molar-refractivity contribution in [2.75, 3.05) is 26.0 Å². The molecule has 1 aromatic heterocycles. The molecule has 6 nitrogen and oxygen atoms in total. The van der Waals surface area contributed by atoms with E-state index < -0.39 is 0 Å². The number of aromatic nitrogens is 2. The number of nitrogens with zero attached hydrogens (tertiary/aromatic N) is 3. The van der Waals surface area contributed by atoms with E-state index in [2.05, 4.69) is 39.7 Å². The highest BCUT2D eigenvalue weighted by Crippen LogP contribution is 2.13. The zero-order chi connectivity index (χ0) is 19.2. The second kappa shape index (κ2) is 8.60. The van der Waals surface area contributed by atoms with Gasteiger partial charge in [-0.1, -0.05) is 24.3 Å². The zero-order valence-corrected chi connectivity index (χ0v) is 15.9. The number of nitrogens with one attached hydrogen (secondary N) is 2. The van der Waals surface area contributed by atoms with Crippen LogP contribution < -0.4 is 21.2 Å². The van der Waals surface area contributed by atoms with Gasteiger partial charge in [-0.25, -0.2) is 9.97 Å². The molecule has 0 aliphatic heterocycles. The van der Waals surface area contributed by atoms with E-state index in [4.69, 9.17) is 0 Å². The number of hydrogen-bond donors (Lipinski definition) is 2. The molecule has 1 heterocycles. The van der Waals surface area contributed by atoms with Crippen LogP contribution >= 0.6 is 0 Å². The highest BCUT2D eigenvalue weighted by atomic mass is 16.1. The van der Waals surface area contributed by atoms with E-state index >= 15 is 0 Å². The summed E-state index contributed by atoms with van der Waals surface area (Å²) in [6.45, 7) is 2.78. The molecule has 2 N–H and O–H groups in total. The van der Waals surface area contributed by atoms with Crippen LogP contribution in [0.2, 0.25) is 0 Å². The number of amides is 1. The van der Waals surface area contributed by atoms with Gasteiger partial charge in [0.05, 0.1) is 11.4 Å². The third-order valence-electron chi connectivity index (χ3n) is 4.20. The molecule has 3 rings (SSSR count). The molecule has 2 aromatic rings. The van der Waals surface area contributed by atoms with Gasteiger partial charge in [0.2, 0.25) is 5.91 Å². The molecule has 0 saturated carbocycles. The lowest BCUT2D eigenvalue weighted by atomic mass is 10.1. The Morgan fingerprint density at radius 2 is 2.19 bits per heavy atom. The molecule has 6 heteroatoms. The molecule has 1 aliphatic carbocycles. The Morgan fingerprint density at radius 3 is 2.96 bits per heavy atom. The first-order chi connectivity index (χ1) is 13.0. The van der Waals surface area contributed by atoms with Crippen molar-refractivity contribution >= 4 is 29.6 Å². The number of fused-ring (bicyclic) bond motifs is 1. The number of carbonyl (C=O) groups is 1. The lowest BCUT2D eigenvalue weighted by Crippen LogP contribution is -2.41. The average Bonchev–Trinajstić information content (AvgIpc) is 2.62. The topological polar surface area (TPSA) is 70.1 Å². The number of carbonyl (C=O) groups excluding carboxylic acids is 1. The fourth-order valence-electron chi connectivity index (χ4n) is 2.91. The highest BCUT2D eigenvalue weighted by Gasteiger charge is 2.12. The fourth-order valence-corrected chi connectivity index (χ4v) is 2.91. The Balaban J connectivity index is 1.79. The summed E-state index contributed by atoms with van der Waals surface area (Å²) in [7, 11) is 3.93. The van der Waals surface area contributed by atoms with Crippen LogP contribution in [-0.4, -0.2) is 47.5 Å². The summed E-state index contributed by atoms with van der Waals surface area (Å²) in [5.74, 6) is 0.643. The molecule has 27 heavy (non-hydrogen) atoms. The van der Waals surface area contributed by atoms with Crippen LogP contribution in [0.3, 0.4) is 0 Å². The van der Waals surface area contributed by atoms with E-state index in [0.717, 1.165) is 28.6 Å². The van der Waals surface area contributed by atoms with E-state index in [1.807, 2.05) is 49.4 Å². The summed E-state index contributed by atoms with van der Waals surface area (Å²) in [4.78, 5) is 22.9. The molecule has 0 saturated heterocycles. The Hall–Kier alpha value is -2.99. The molecule has 1 atom stereocenters. The van der Waals surface area contributed by atoms with Crippen molar-refractivity contribution < 1.29 is 4.79 Å². The first-order valence-corrected chi connectivity index (χ1v) is 9.00. The van der Waals surface area contributed by atoms with Crippen LogP contribution in [0.1, 0.15) is 12.0 Å². The Kier molecular flexibility index (Phi) is 5.98. The lowest BCUT2D eigenvalue weighted by molar-refractivity contribution is -0.116. The quantitative estimate of drug-likeness (QED) is 0.752. The van der Waals surface area contributed by atoms with Gasteiger partial charge in [-0.05, 0) is 51.2 Å². The number of benzene rings is 1. The summed E-state index contributed by atoms with van der Waals surface area (Å²) in [6, 6.07) is 8.04.